The zero-order chi connectivity index (χ0) is 23.3. The Kier molecular flexibility index (Phi) is 6.15. The molecule has 7 heteroatoms. The average Bonchev–Trinajstić information content (AvgIpc) is 2.89. The van der Waals surface area contributed by atoms with Crippen LogP contribution >= 0.6 is 0 Å². The number of piperazine rings is 1. The molecule has 1 saturated heterocycles. The number of pyridine rings is 1. The maximum Gasteiger partial charge on any atom is 0.300 e. The zero-order valence-corrected chi connectivity index (χ0v) is 18.7. The molecular weight excluding hydrogens is 424 g/mol. The lowest BCUT2D eigenvalue weighted by atomic mass is 10.0. The molecule has 1 fully saturated rings. The molecule has 1 N–H and O–H groups in total. The van der Waals surface area contributed by atoms with Gasteiger partial charge in [-0.2, -0.15) is 0 Å². The molecule has 1 aliphatic rings. The Morgan fingerprint density at radius 3 is 2.50 bits per heavy atom. The average molecular weight is 449 g/mol. The van der Waals surface area contributed by atoms with E-state index in [1.165, 1.54) is 5.56 Å². The van der Waals surface area contributed by atoms with Crippen molar-refractivity contribution in [2.75, 3.05) is 36.4 Å². The molecule has 2 aromatic carbocycles. The normalized spacial score (nSPS) is 14.0. The second-order valence-corrected chi connectivity index (χ2v) is 8.23. The molecule has 7 nitrogen and oxygen atoms in total. The lowest BCUT2D eigenvalue weighted by molar-refractivity contribution is -0.111. The van der Waals surface area contributed by atoms with E-state index in [9.17, 15) is 4.79 Å². The molecule has 5 rings (SSSR count). The summed E-state index contributed by atoms with van der Waals surface area (Å²) in [5.74, 6) is 2.49. The van der Waals surface area contributed by atoms with Crippen LogP contribution in [0.1, 0.15) is 5.56 Å². The van der Waals surface area contributed by atoms with Crippen molar-refractivity contribution in [1.29, 1.82) is 0 Å². The number of aromatic nitrogens is 3. The zero-order valence-electron chi connectivity index (χ0n) is 18.7. The molecule has 0 saturated carbocycles. The third-order valence-corrected chi connectivity index (χ3v) is 5.96. The minimum absolute atomic E-state index is 0.459. The van der Waals surface area contributed by atoms with Gasteiger partial charge in [0.2, 0.25) is 0 Å². The van der Waals surface area contributed by atoms with Crippen LogP contribution in [0.15, 0.2) is 73.2 Å². The fraction of sp³-hybridized carbons (Fsp3) is 0.185. The summed E-state index contributed by atoms with van der Waals surface area (Å²) < 4.78 is 0. The predicted molar refractivity (Wildman–Crippen MR) is 134 cm³/mol. The van der Waals surface area contributed by atoms with Crippen molar-refractivity contribution in [2.24, 2.45) is 0 Å². The quantitative estimate of drug-likeness (QED) is 0.471. The molecule has 0 aliphatic carbocycles. The van der Waals surface area contributed by atoms with E-state index < -0.39 is 5.91 Å². The Morgan fingerprint density at radius 1 is 0.971 bits per heavy atom. The number of rotatable bonds is 5. The van der Waals surface area contributed by atoms with Crippen LogP contribution in [0.25, 0.3) is 22.2 Å². The molecular formula is C27H24N6O. The number of terminal acetylenes is 1. The van der Waals surface area contributed by atoms with Crippen molar-refractivity contribution in [3.05, 3.63) is 78.8 Å². The summed E-state index contributed by atoms with van der Waals surface area (Å²) in [4.78, 5) is 29.9. The van der Waals surface area contributed by atoms with E-state index in [0.29, 0.717) is 5.69 Å². The van der Waals surface area contributed by atoms with Crippen molar-refractivity contribution in [2.45, 2.75) is 6.54 Å². The number of anilines is 2. The number of hydrogen-bond donors (Lipinski definition) is 1. The maximum atomic E-state index is 11.4. The number of carbonyl (C=O) groups excluding carboxylic acids is 1. The molecule has 0 bridgehead atoms. The molecule has 0 unspecified atom stereocenters. The predicted octanol–water partition coefficient (Wildman–Crippen LogP) is 3.59. The van der Waals surface area contributed by atoms with Crippen LogP contribution in [0.2, 0.25) is 0 Å². The topological polar surface area (TPSA) is 74.2 Å². The van der Waals surface area contributed by atoms with Crippen molar-refractivity contribution in [1.82, 2.24) is 19.9 Å². The summed E-state index contributed by atoms with van der Waals surface area (Å²) in [6.07, 6.45) is 10.7. The third kappa shape index (κ3) is 4.87. The molecule has 3 heterocycles. The first-order valence-corrected chi connectivity index (χ1v) is 11.2. The van der Waals surface area contributed by atoms with E-state index in [4.69, 9.17) is 11.4 Å². The van der Waals surface area contributed by atoms with Crippen LogP contribution < -0.4 is 10.2 Å². The van der Waals surface area contributed by atoms with Crippen LogP contribution in [0.4, 0.5) is 11.5 Å². The highest BCUT2D eigenvalue weighted by molar-refractivity contribution is 6.03. The minimum atomic E-state index is -0.459. The Bertz CT molecular complexity index is 1340. The third-order valence-electron chi connectivity index (χ3n) is 5.96. The van der Waals surface area contributed by atoms with E-state index in [0.717, 1.165) is 60.7 Å². The summed E-state index contributed by atoms with van der Waals surface area (Å²) in [6.45, 7) is 4.67. The van der Waals surface area contributed by atoms with Gasteiger partial charge < -0.3 is 10.2 Å². The van der Waals surface area contributed by atoms with Gasteiger partial charge in [0.1, 0.15) is 5.82 Å². The first-order valence-electron chi connectivity index (χ1n) is 11.2. The van der Waals surface area contributed by atoms with E-state index in [2.05, 4.69) is 43.1 Å². The second-order valence-electron chi connectivity index (χ2n) is 8.23. The summed E-state index contributed by atoms with van der Waals surface area (Å²) >= 11 is 0. The van der Waals surface area contributed by atoms with Crippen molar-refractivity contribution >= 4 is 28.4 Å². The smallest absolute Gasteiger partial charge is 0.300 e. The van der Waals surface area contributed by atoms with Crippen molar-refractivity contribution < 1.29 is 4.79 Å². The molecule has 1 amide bonds. The van der Waals surface area contributed by atoms with Crippen molar-refractivity contribution in [3.8, 4) is 23.5 Å². The molecule has 2 aromatic heterocycles. The number of fused-ring (bicyclic) bond motifs is 1. The van der Waals surface area contributed by atoms with Crippen LogP contribution in [0.5, 0.6) is 0 Å². The molecule has 0 atom stereocenters. The molecule has 1 aliphatic heterocycles. The fourth-order valence-electron chi connectivity index (χ4n) is 4.13. The van der Waals surface area contributed by atoms with Gasteiger partial charge in [-0.25, -0.2) is 4.98 Å². The number of hydrogen-bond acceptors (Lipinski definition) is 6. The highest BCUT2D eigenvalue weighted by atomic mass is 16.1. The summed E-state index contributed by atoms with van der Waals surface area (Å²) in [6, 6.07) is 17.7. The Balaban J connectivity index is 1.29. The SMILES string of the molecule is C#CC(=O)Nc1ccc(-c2ccc3ncc(N4CCN(Cc5cccnc5)CC4)nc3c2)cc1. The number of nitrogens with zero attached hydrogens (tertiary/aromatic N) is 5. The fourth-order valence-corrected chi connectivity index (χ4v) is 4.13. The van der Waals surface area contributed by atoms with Gasteiger partial charge in [-0.05, 0) is 52.9 Å². The largest absolute Gasteiger partial charge is 0.353 e. The van der Waals surface area contributed by atoms with E-state index in [1.807, 2.05) is 54.9 Å². The number of nitrogens with one attached hydrogen (secondary N) is 1. The first kappa shape index (κ1) is 21.6. The standard InChI is InChI=1S/C27H24N6O/c1-2-27(34)30-23-8-5-21(6-9-23)22-7-10-24-25(16-22)31-26(18-29-24)33-14-12-32(13-15-33)19-20-4-3-11-28-17-20/h1,3-11,16-18H,12-15,19H2,(H,30,34). The Labute approximate surface area is 198 Å². The van der Waals surface area contributed by atoms with Gasteiger partial charge >= 0.3 is 0 Å². The van der Waals surface area contributed by atoms with Gasteiger partial charge in [-0.15, -0.1) is 6.42 Å². The van der Waals surface area contributed by atoms with Gasteiger partial charge in [0.25, 0.3) is 5.91 Å². The van der Waals surface area contributed by atoms with Gasteiger partial charge in [-0.1, -0.05) is 24.3 Å². The summed E-state index contributed by atoms with van der Waals surface area (Å²) in [7, 11) is 0. The monoisotopic (exact) mass is 448 g/mol. The number of carbonyl (C=O) groups is 1. The van der Waals surface area contributed by atoms with Crippen LogP contribution in [0.3, 0.4) is 0 Å². The highest BCUT2D eigenvalue weighted by Crippen LogP contribution is 2.26. The second kappa shape index (κ2) is 9.69. The van der Waals surface area contributed by atoms with Gasteiger partial charge in [-0.3, -0.25) is 19.7 Å². The van der Waals surface area contributed by atoms with E-state index in [1.54, 1.807) is 6.20 Å². The Hall–Kier alpha value is -4.28. The van der Waals surface area contributed by atoms with Crippen LogP contribution in [-0.2, 0) is 11.3 Å². The molecule has 34 heavy (non-hydrogen) atoms. The molecule has 0 radical (unpaired) electrons. The summed E-state index contributed by atoms with van der Waals surface area (Å²) in [5, 5.41) is 2.65. The molecule has 168 valence electrons. The molecule has 4 aromatic rings. The van der Waals surface area contributed by atoms with Gasteiger partial charge in [0.15, 0.2) is 0 Å². The number of benzene rings is 2. The Morgan fingerprint density at radius 2 is 1.76 bits per heavy atom. The summed E-state index contributed by atoms with van der Waals surface area (Å²) in [5.41, 5.74) is 5.68. The molecule has 0 spiro atoms. The number of amides is 1. The van der Waals surface area contributed by atoms with Crippen LogP contribution in [0, 0.1) is 12.3 Å². The van der Waals surface area contributed by atoms with E-state index in [-0.39, 0.29) is 0 Å². The van der Waals surface area contributed by atoms with Crippen LogP contribution in [-0.4, -0.2) is 51.9 Å². The first-order chi connectivity index (χ1) is 16.7. The van der Waals surface area contributed by atoms with Crippen molar-refractivity contribution in [3.63, 3.8) is 0 Å². The lowest BCUT2D eigenvalue weighted by Crippen LogP contribution is -2.46. The minimum Gasteiger partial charge on any atom is -0.353 e. The van der Waals surface area contributed by atoms with Gasteiger partial charge in [0, 0.05) is 50.8 Å². The lowest BCUT2D eigenvalue weighted by Gasteiger charge is -2.35. The maximum absolute atomic E-state index is 11.4. The highest BCUT2D eigenvalue weighted by Gasteiger charge is 2.19. The van der Waals surface area contributed by atoms with Gasteiger partial charge in [0.05, 0.1) is 17.2 Å². The van der Waals surface area contributed by atoms with E-state index >= 15 is 0 Å².